The number of hydrogen-bond acceptors (Lipinski definition) is 4. The zero-order valence-electron chi connectivity index (χ0n) is 11.8. The molecule has 1 atom stereocenters. The third-order valence-corrected chi connectivity index (χ3v) is 4.02. The first-order valence-electron chi connectivity index (χ1n) is 7.25. The summed E-state index contributed by atoms with van der Waals surface area (Å²) in [5.41, 5.74) is 1.84. The summed E-state index contributed by atoms with van der Waals surface area (Å²) >= 11 is 0. The van der Waals surface area contributed by atoms with Crippen molar-refractivity contribution in [1.82, 2.24) is 10.2 Å². The molecule has 1 fully saturated rings. The molecule has 0 radical (unpaired) electrons. The second-order valence-corrected chi connectivity index (χ2v) is 5.36. The number of carbonyl (C=O) groups excluding carboxylic acids is 1. The van der Waals surface area contributed by atoms with Gasteiger partial charge in [0.25, 0.3) is 0 Å². The van der Waals surface area contributed by atoms with Crippen molar-refractivity contribution in [1.29, 1.82) is 0 Å². The van der Waals surface area contributed by atoms with E-state index < -0.39 is 0 Å². The Balaban J connectivity index is 1.59. The smallest absolute Gasteiger partial charge is 0.246 e. The average Bonchev–Trinajstić information content (AvgIpc) is 3.05. The second-order valence-electron chi connectivity index (χ2n) is 5.36. The van der Waals surface area contributed by atoms with Gasteiger partial charge in [-0.3, -0.25) is 9.69 Å². The minimum absolute atomic E-state index is 0.00304. The number of benzene rings is 1. The number of nitrogens with one attached hydrogen (secondary N) is 2. The molecule has 108 valence electrons. The summed E-state index contributed by atoms with van der Waals surface area (Å²) in [4.78, 5) is 14.2. The lowest BCUT2D eigenvalue weighted by Gasteiger charge is -2.15. The summed E-state index contributed by atoms with van der Waals surface area (Å²) in [7, 11) is 1.79. The molecule has 1 saturated heterocycles. The van der Waals surface area contributed by atoms with Crippen molar-refractivity contribution in [2.24, 2.45) is 0 Å². The number of carbonyl (C=O) groups is 1. The Labute approximate surface area is 119 Å². The van der Waals surface area contributed by atoms with Crippen LogP contribution in [0.1, 0.15) is 24.4 Å². The van der Waals surface area contributed by atoms with E-state index in [0.717, 1.165) is 23.5 Å². The van der Waals surface area contributed by atoms with Crippen molar-refractivity contribution in [3.8, 4) is 5.75 Å². The van der Waals surface area contributed by atoms with Crippen molar-refractivity contribution in [2.75, 3.05) is 38.6 Å². The molecule has 2 aliphatic heterocycles. The van der Waals surface area contributed by atoms with E-state index in [4.69, 9.17) is 4.74 Å². The molecule has 0 aliphatic carbocycles. The fourth-order valence-corrected chi connectivity index (χ4v) is 2.92. The van der Waals surface area contributed by atoms with E-state index in [9.17, 15) is 4.79 Å². The summed E-state index contributed by atoms with van der Waals surface area (Å²) in [6.45, 7) is 4.05. The lowest BCUT2D eigenvalue weighted by atomic mass is 10.1. The van der Waals surface area contributed by atoms with Crippen LogP contribution in [0.2, 0.25) is 0 Å². The quantitative estimate of drug-likeness (QED) is 0.852. The molecule has 20 heavy (non-hydrogen) atoms. The van der Waals surface area contributed by atoms with E-state index in [1.807, 2.05) is 18.2 Å². The van der Waals surface area contributed by atoms with Gasteiger partial charge in [-0.1, -0.05) is 6.07 Å². The largest absolute Gasteiger partial charge is 0.492 e. The minimum atomic E-state index is -0.247. The highest BCUT2D eigenvalue weighted by molar-refractivity contribution is 6.02. The fourth-order valence-electron chi connectivity index (χ4n) is 2.92. The number of anilines is 1. The summed E-state index contributed by atoms with van der Waals surface area (Å²) in [5, 5.41) is 5.89. The number of likely N-dealkylation sites (tertiary alicyclic amines) is 1. The van der Waals surface area contributed by atoms with Gasteiger partial charge < -0.3 is 15.4 Å². The Morgan fingerprint density at radius 2 is 2.20 bits per heavy atom. The molecule has 1 aromatic rings. The van der Waals surface area contributed by atoms with Crippen molar-refractivity contribution in [3.05, 3.63) is 23.8 Å². The Bertz CT molecular complexity index is 498. The third-order valence-electron chi connectivity index (χ3n) is 4.02. The van der Waals surface area contributed by atoms with E-state index in [0.29, 0.717) is 6.61 Å². The predicted molar refractivity (Wildman–Crippen MR) is 78.0 cm³/mol. The van der Waals surface area contributed by atoms with Crippen LogP contribution in [0.4, 0.5) is 5.69 Å². The number of hydrogen-bond donors (Lipinski definition) is 2. The fraction of sp³-hybridized carbons (Fsp3) is 0.533. The molecule has 5 nitrogen and oxygen atoms in total. The van der Waals surface area contributed by atoms with Gasteiger partial charge >= 0.3 is 0 Å². The normalized spacial score (nSPS) is 21.9. The molecule has 2 aliphatic rings. The van der Waals surface area contributed by atoms with Crippen LogP contribution in [0, 0.1) is 0 Å². The summed E-state index contributed by atoms with van der Waals surface area (Å²) < 4.78 is 5.78. The van der Waals surface area contributed by atoms with Gasteiger partial charge in [-0.05, 0) is 39.0 Å². The van der Waals surface area contributed by atoms with E-state index >= 15 is 0 Å². The van der Waals surface area contributed by atoms with Crippen molar-refractivity contribution < 1.29 is 9.53 Å². The van der Waals surface area contributed by atoms with Gasteiger partial charge in [0.05, 0.1) is 0 Å². The maximum atomic E-state index is 11.7. The lowest BCUT2D eigenvalue weighted by molar-refractivity contribution is -0.117. The van der Waals surface area contributed by atoms with Crippen molar-refractivity contribution >= 4 is 11.6 Å². The van der Waals surface area contributed by atoms with Gasteiger partial charge in [0, 0.05) is 23.9 Å². The Hall–Kier alpha value is -1.59. The van der Waals surface area contributed by atoms with Crippen molar-refractivity contribution in [3.63, 3.8) is 0 Å². The first-order valence-corrected chi connectivity index (χ1v) is 7.25. The number of amides is 1. The zero-order chi connectivity index (χ0) is 13.9. The van der Waals surface area contributed by atoms with Crippen LogP contribution in [0.5, 0.6) is 5.75 Å². The van der Waals surface area contributed by atoms with E-state index in [1.165, 1.54) is 25.9 Å². The maximum absolute atomic E-state index is 11.7. The number of likely N-dealkylation sites (N-methyl/N-ethyl adjacent to an activating group) is 1. The number of nitrogens with zero attached hydrogens (tertiary/aromatic N) is 1. The van der Waals surface area contributed by atoms with Gasteiger partial charge in [-0.15, -0.1) is 0 Å². The van der Waals surface area contributed by atoms with Gasteiger partial charge in [0.15, 0.2) is 0 Å². The molecular weight excluding hydrogens is 254 g/mol. The van der Waals surface area contributed by atoms with Crippen LogP contribution in [0.15, 0.2) is 18.2 Å². The van der Waals surface area contributed by atoms with Crippen LogP contribution in [0.25, 0.3) is 0 Å². The average molecular weight is 275 g/mol. The maximum Gasteiger partial charge on any atom is 0.246 e. The molecular formula is C15H21N3O2. The van der Waals surface area contributed by atoms with Gasteiger partial charge in [0.1, 0.15) is 18.4 Å². The Morgan fingerprint density at radius 1 is 1.40 bits per heavy atom. The molecule has 0 aromatic heterocycles. The first-order chi connectivity index (χ1) is 9.78. The summed E-state index contributed by atoms with van der Waals surface area (Å²) in [6.07, 6.45) is 2.60. The van der Waals surface area contributed by atoms with Crippen LogP contribution >= 0.6 is 0 Å². The van der Waals surface area contributed by atoms with Gasteiger partial charge in [-0.2, -0.15) is 0 Å². The van der Waals surface area contributed by atoms with Crippen LogP contribution in [0.3, 0.4) is 0 Å². The molecule has 5 heteroatoms. The molecule has 3 rings (SSSR count). The topological polar surface area (TPSA) is 53.6 Å². The van der Waals surface area contributed by atoms with E-state index in [1.54, 1.807) is 7.05 Å². The summed E-state index contributed by atoms with van der Waals surface area (Å²) in [5.74, 6) is 0.816. The molecule has 1 amide bonds. The monoisotopic (exact) mass is 275 g/mol. The van der Waals surface area contributed by atoms with E-state index in [-0.39, 0.29) is 11.9 Å². The molecule has 0 spiro atoms. The SMILES string of the molecule is CNC1C(=O)Nc2cc(OCCN3CCCC3)ccc21. The van der Waals surface area contributed by atoms with Crippen LogP contribution in [-0.2, 0) is 4.79 Å². The Morgan fingerprint density at radius 3 is 2.95 bits per heavy atom. The van der Waals surface area contributed by atoms with E-state index in [2.05, 4.69) is 15.5 Å². The molecule has 1 aromatic carbocycles. The molecule has 1 unspecified atom stereocenters. The zero-order valence-corrected chi connectivity index (χ0v) is 11.8. The standard InChI is InChI=1S/C15H21N3O2/c1-16-14-12-5-4-11(10-13(12)17-15(14)19)20-9-8-18-6-2-3-7-18/h4-5,10,14,16H,2-3,6-9H2,1H3,(H,17,19). The predicted octanol–water partition coefficient (Wildman–Crippen LogP) is 1.37. The lowest BCUT2D eigenvalue weighted by Crippen LogP contribution is -2.25. The third kappa shape index (κ3) is 2.64. The van der Waals surface area contributed by atoms with Crippen LogP contribution < -0.4 is 15.4 Å². The highest BCUT2D eigenvalue weighted by Gasteiger charge is 2.29. The highest BCUT2D eigenvalue weighted by atomic mass is 16.5. The molecule has 0 saturated carbocycles. The van der Waals surface area contributed by atoms with Crippen molar-refractivity contribution in [2.45, 2.75) is 18.9 Å². The number of rotatable bonds is 5. The van der Waals surface area contributed by atoms with Gasteiger partial charge in [0.2, 0.25) is 5.91 Å². The molecule has 0 bridgehead atoms. The minimum Gasteiger partial charge on any atom is -0.492 e. The van der Waals surface area contributed by atoms with Crippen LogP contribution in [-0.4, -0.2) is 44.1 Å². The second kappa shape index (κ2) is 5.81. The first kappa shape index (κ1) is 13.4. The Kier molecular flexibility index (Phi) is 3.89. The highest BCUT2D eigenvalue weighted by Crippen LogP contribution is 2.33. The number of ether oxygens (including phenoxy) is 1. The molecule has 2 N–H and O–H groups in total. The molecule has 2 heterocycles. The number of fused-ring (bicyclic) bond motifs is 1. The summed E-state index contributed by atoms with van der Waals surface area (Å²) in [6, 6.07) is 5.56. The van der Waals surface area contributed by atoms with Gasteiger partial charge in [-0.25, -0.2) is 0 Å².